The maximum absolute atomic E-state index is 13.0. The fourth-order valence-corrected chi connectivity index (χ4v) is 4.32. The normalized spacial score (nSPS) is 20.0. The molecule has 1 aliphatic rings. The van der Waals surface area contributed by atoms with E-state index in [9.17, 15) is 18.0 Å². The number of fused-ring (bicyclic) bond motifs is 1. The first-order valence-corrected chi connectivity index (χ1v) is 10.2. The first kappa shape index (κ1) is 19.7. The SMILES string of the molecule is Cc1nscc1C(=O)N[C@H]1CC[C@@H](Nc2cccc3nc(C(F)(F)F)cn23)CC1. The van der Waals surface area contributed by atoms with Crippen molar-refractivity contribution in [2.45, 2.75) is 50.9 Å². The van der Waals surface area contributed by atoms with Gasteiger partial charge in [0, 0.05) is 23.7 Å². The smallest absolute Gasteiger partial charge is 0.368 e. The van der Waals surface area contributed by atoms with Gasteiger partial charge in [0.2, 0.25) is 0 Å². The van der Waals surface area contributed by atoms with Crippen LogP contribution in [0.2, 0.25) is 0 Å². The zero-order valence-electron chi connectivity index (χ0n) is 15.7. The summed E-state index contributed by atoms with van der Waals surface area (Å²) in [5.41, 5.74) is 0.691. The third-order valence-corrected chi connectivity index (χ3v) is 5.91. The minimum atomic E-state index is -4.48. The lowest BCUT2D eigenvalue weighted by Crippen LogP contribution is -2.40. The molecule has 4 rings (SSSR count). The van der Waals surface area contributed by atoms with Crippen LogP contribution < -0.4 is 10.6 Å². The second-order valence-electron chi connectivity index (χ2n) is 7.24. The number of aryl methyl sites for hydroxylation is 1. The third kappa shape index (κ3) is 4.21. The molecular weight excluding hydrogens is 403 g/mol. The number of nitrogens with zero attached hydrogens (tertiary/aromatic N) is 3. The quantitative estimate of drug-likeness (QED) is 0.658. The van der Waals surface area contributed by atoms with Crippen LogP contribution >= 0.6 is 11.5 Å². The lowest BCUT2D eigenvalue weighted by Gasteiger charge is -2.30. The number of hydrogen-bond donors (Lipinski definition) is 2. The number of carbonyl (C=O) groups is 1. The summed E-state index contributed by atoms with van der Waals surface area (Å²) >= 11 is 1.26. The van der Waals surface area contributed by atoms with Crippen molar-refractivity contribution in [3.8, 4) is 0 Å². The van der Waals surface area contributed by atoms with Crippen molar-refractivity contribution in [1.82, 2.24) is 19.1 Å². The van der Waals surface area contributed by atoms with Gasteiger partial charge in [-0.05, 0) is 56.3 Å². The Kier molecular flexibility index (Phi) is 5.20. The topological polar surface area (TPSA) is 71.3 Å². The second-order valence-corrected chi connectivity index (χ2v) is 7.87. The Labute approximate surface area is 169 Å². The molecule has 0 bridgehead atoms. The zero-order valence-corrected chi connectivity index (χ0v) is 16.5. The maximum Gasteiger partial charge on any atom is 0.434 e. The number of halogens is 3. The number of imidazole rings is 1. The summed E-state index contributed by atoms with van der Waals surface area (Å²) in [4.78, 5) is 16.0. The van der Waals surface area contributed by atoms with Gasteiger partial charge in [0.05, 0.1) is 11.3 Å². The van der Waals surface area contributed by atoms with Gasteiger partial charge in [0.15, 0.2) is 5.69 Å². The number of amides is 1. The van der Waals surface area contributed by atoms with E-state index in [0.717, 1.165) is 37.6 Å². The van der Waals surface area contributed by atoms with E-state index in [1.807, 2.05) is 6.92 Å². The Balaban J connectivity index is 1.38. The summed E-state index contributed by atoms with van der Waals surface area (Å²) in [5, 5.41) is 8.14. The summed E-state index contributed by atoms with van der Waals surface area (Å²) in [7, 11) is 0. The number of alkyl halides is 3. The van der Waals surface area contributed by atoms with E-state index in [-0.39, 0.29) is 23.6 Å². The van der Waals surface area contributed by atoms with Gasteiger partial charge in [-0.3, -0.25) is 9.20 Å². The van der Waals surface area contributed by atoms with Crippen LogP contribution in [0.4, 0.5) is 19.0 Å². The molecular formula is C19H20F3N5OS. The van der Waals surface area contributed by atoms with E-state index in [4.69, 9.17) is 0 Å². The molecule has 0 unspecified atom stereocenters. The first-order valence-electron chi connectivity index (χ1n) is 9.35. The zero-order chi connectivity index (χ0) is 20.6. The fraction of sp³-hybridized carbons (Fsp3) is 0.421. The van der Waals surface area contributed by atoms with E-state index in [0.29, 0.717) is 11.4 Å². The molecule has 154 valence electrons. The number of nitrogens with one attached hydrogen (secondary N) is 2. The molecule has 1 amide bonds. The van der Waals surface area contributed by atoms with Crippen molar-refractivity contribution in [1.29, 1.82) is 0 Å². The Morgan fingerprint density at radius 2 is 1.93 bits per heavy atom. The molecule has 1 aliphatic carbocycles. The van der Waals surface area contributed by atoms with Crippen molar-refractivity contribution in [2.75, 3.05) is 5.32 Å². The molecule has 0 aliphatic heterocycles. The van der Waals surface area contributed by atoms with Gasteiger partial charge in [-0.25, -0.2) is 4.98 Å². The molecule has 29 heavy (non-hydrogen) atoms. The first-order chi connectivity index (χ1) is 13.8. The van der Waals surface area contributed by atoms with E-state index >= 15 is 0 Å². The van der Waals surface area contributed by atoms with E-state index < -0.39 is 11.9 Å². The highest BCUT2D eigenvalue weighted by Gasteiger charge is 2.34. The van der Waals surface area contributed by atoms with Gasteiger partial charge in [-0.1, -0.05) is 6.07 Å². The van der Waals surface area contributed by atoms with Crippen LogP contribution in [0.5, 0.6) is 0 Å². The van der Waals surface area contributed by atoms with Crippen LogP contribution in [0, 0.1) is 6.92 Å². The van der Waals surface area contributed by atoms with Gasteiger partial charge in [-0.15, -0.1) is 0 Å². The maximum atomic E-state index is 13.0. The molecule has 0 saturated heterocycles. The Hall–Kier alpha value is -2.62. The molecule has 0 aromatic carbocycles. The Morgan fingerprint density at radius 3 is 2.59 bits per heavy atom. The van der Waals surface area contributed by atoms with Crippen LogP contribution in [-0.2, 0) is 6.18 Å². The van der Waals surface area contributed by atoms with Crippen LogP contribution in [0.1, 0.15) is 47.4 Å². The molecule has 3 aromatic heterocycles. The van der Waals surface area contributed by atoms with Crippen LogP contribution in [0.3, 0.4) is 0 Å². The van der Waals surface area contributed by atoms with Gasteiger partial charge in [0.25, 0.3) is 5.91 Å². The highest BCUT2D eigenvalue weighted by molar-refractivity contribution is 7.03. The molecule has 0 spiro atoms. The summed E-state index contributed by atoms with van der Waals surface area (Å²) in [6.45, 7) is 1.81. The van der Waals surface area contributed by atoms with Gasteiger partial charge < -0.3 is 10.6 Å². The van der Waals surface area contributed by atoms with Crippen LogP contribution in [0.25, 0.3) is 5.65 Å². The summed E-state index contributed by atoms with van der Waals surface area (Å²) < 4.78 is 44.4. The van der Waals surface area contributed by atoms with Gasteiger partial charge in [-0.2, -0.15) is 17.5 Å². The van der Waals surface area contributed by atoms with Crippen molar-refractivity contribution in [3.63, 3.8) is 0 Å². The molecule has 10 heteroatoms. The van der Waals surface area contributed by atoms with Gasteiger partial charge in [0.1, 0.15) is 11.5 Å². The summed E-state index contributed by atoms with van der Waals surface area (Å²) in [6, 6.07) is 5.19. The molecule has 3 aromatic rings. The number of aromatic nitrogens is 3. The van der Waals surface area contributed by atoms with E-state index in [1.165, 1.54) is 15.9 Å². The standard InChI is InChI=1S/C19H20F3N5OS/c1-11-14(10-29-26-11)18(28)24-13-7-5-12(6-8-13)23-16-3-2-4-17-25-15(9-27(16)17)19(20,21)22/h2-4,9-10,12-13,23H,5-8H2,1H3,(H,24,28)/t12-,13+. The molecule has 0 atom stereocenters. The number of carbonyl (C=O) groups excluding carboxylic acids is 1. The number of rotatable bonds is 4. The molecule has 0 radical (unpaired) electrons. The second kappa shape index (κ2) is 7.66. The average Bonchev–Trinajstić information content (AvgIpc) is 3.30. The largest absolute Gasteiger partial charge is 0.434 e. The molecule has 6 nitrogen and oxygen atoms in total. The fourth-order valence-electron chi connectivity index (χ4n) is 3.63. The molecule has 1 fully saturated rings. The molecule has 2 N–H and O–H groups in total. The van der Waals surface area contributed by atoms with E-state index in [2.05, 4.69) is 20.0 Å². The molecule has 3 heterocycles. The highest BCUT2D eigenvalue weighted by Crippen LogP contribution is 2.30. The minimum absolute atomic E-state index is 0.0840. The van der Waals surface area contributed by atoms with Crippen molar-refractivity contribution < 1.29 is 18.0 Å². The highest BCUT2D eigenvalue weighted by atomic mass is 32.1. The predicted octanol–water partition coefficient (Wildman–Crippen LogP) is 4.27. The predicted molar refractivity (Wildman–Crippen MR) is 104 cm³/mol. The summed E-state index contributed by atoms with van der Waals surface area (Å²) in [6.07, 6.45) is -0.246. The number of anilines is 1. The number of pyridine rings is 1. The van der Waals surface area contributed by atoms with Crippen LogP contribution in [0.15, 0.2) is 29.8 Å². The molecule has 1 saturated carbocycles. The number of hydrogen-bond acceptors (Lipinski definition) is 5. The monoisotopic (exact) mass is 423 g/mol. The third-order valence-electron chi connectivity index (χ3n) is 5.19. The van der Waals surface area contributed by atoms with Crippen LogP contribution in [-0.4, -0.2) is 31.7 Å². The van der Waals surface area contributed by atoms with Crippen molar-refractivity contribution in [2.24, 2.45) is 0 Å². The van der Waals surface area contributed by atoms with Gasteiger partial charge >= 0.3 is 6.18 Å². The van der Waals surface area contributed by atoms with Crippen molar-refractivity contribution in [3.05, 3.63) is 46.7 Å². The lowest BCUT2D eigenvalue weighted by atomic mass is 9.91. The average molecular weight is 423 g/mol. The lowest BCUT2D eigenvalue weighted by molar-refractivity contribution is -0.140. The van der Waals surface area contributed by atoms with E-state index in [1.54, 1.807) is 23.6 Å². The van der Waals surface area contributed by atoms with Crippen molar-refractivity contribution >= 4 is 28.9 Å². The Bertz CT molecular complexity index is 1020. The Morgan fingerprint density at radius 1 is 1.21 bits per heavy atom. The summed E-state index contributed by atoms with van der Waals surface area (Å²) in [5.74, 6) is 0.480. The minimum Gasteiger partial charge on any atom is -0.368 e.